The largest absolute Gasteiger partial charge is 0.381 e. The molecule has 1 N–H and O–H groups in total. The Morgan fingerprint density at radius 2 is 2.31 bits per heavy atom. The lowest BCUT2D eigenvalue weighted by molar-refractivity contribution is 0.0595. The molecule has 0 saturated carbocycles. The van der Waals surface area contributed by atoms with E-state index in [0.29, 0.717) is 5.92 Å². The van der Waals surface area contributed by atoms with Crippen LogP contribution in [0.1, 0.15) is 24.4 Å². The molecule has 1 fully saturated rings. The Kier molecular flexibility index (Phi) is 3.72. The minimum Gasteiger partial charge on any atom is -0.381 e. The summed E-state index contributed by atoms with van der Waals surface area (Å²) in [6.07, 6.45) is 2.42. The lowest BCUT2D eigenvalue weighted by Crippen LogP contribution is -2.24. The molecule has 4 heteroatoms. The van der Waals surface area contributed by atoms with E-state index in [2.05, 4.69) is 15.3 Å². The lowest BCUT2D eigenvalue weighted by atomic mass is 10.0. The summed E-state index contributed by atoms with van der Waals surface area (Å²) in [7, 11) is 0. The number of hydrogen-bond acceptors (Lipinski definition) is 4. The molecule has 1 saturated heterocycles. The van der Waals surface area contributed by atoms with Gasteiger partial charge in [-0.25, -0.2) is 9.97 Å². The van der Waals surface area contributed by atoms with E-state index in [9.17, 15) is 0 Å². The van der Waals surface area contributed by atoms with Crippen LogP contribution in [-0.2, 0) is 4.74 Å². The van der Waals surface area contributed by atoms with Crippen molar-refractivity contribution >= 4 is 5.82 Å². The molecule has 2 heterocycles. The summed E-state index contributed by atoms with van der Waals surface area (Å²) in [4.78, 5) is 8.61. The Labute approximate surface area is 96.4 Å². The van der Waals surface area contributed by atoms with Crippen LogP contribution in [0.25, 0.3) is 0 Å². The molecule has 1 atom stereocenters. The molecule has 4 nitrogen and oxygen atoms in total. The van der Waals surface area contributed by atoms with Gasteiger partial charge in [-0.2, -0.15) is 0 Å². The number of nitrogens with zero attached hydrogens (tertiary/aromatic N) is 2. The van der Waals surface area contributed by atoms with Gasteiger partial charge in [0.05, 0.1) is 6.61 Å². The quantitative estimate of drug-likeness (QED) is 0.847. The maximum Gasteiger partial charge on any atom is 0.129 e. The fraction of sp³-hybridized carbons (Fsp3) is 0.667. The molecular weight excluding hydrogens is 202 g/mol. The molecule has 0 radical (unpaired) electrons. The van der Waals surface area contributed by atoms with Crippen molar-refractivity contribution in [3.63, 3.8) is 0 Å². The second kappa shape index (κ2) is 5.25. The Morgan fingerprint density at radius 3 is 3.00 bits per heavy atom. The van der Waals surface area contributed by atoms with Crippen LogP contribution >= 0.6 is 0 Å². The van der Waals surface area contributed by atoms with E-state index < -0.39 is 0 Å². The second-order valence-electron chi connectivity index (χ2n) is 4.41. The molecule has 1 unspecified atom stereocenters. The zero-order valence-corrected chi connectivity index (χ0v) is 9.99. The van der Waals surface area contributed by atoms with E-state index in [4.69, 9.17) is 4.74 Å². The average molecular weight is 221 g/mol. The zero-order chi connectivity index (χ0) is 11.4. The molecular formula is C12H19N3O. The van der Waals surface area contributed by atoms with E-state index in [1.54, 1.807) is 0 Å². The predicted octanol–water partition coefficient (Wildman–Crippen LogP) is 1.93. The van der Waals surface area contributed by atoms with Gasteiger partial charge >= 0.3 is 0 Å². The van der Waals surface area contributed by atoms with E-state index >= 15 is 0 Å². The maximum atomic E-state index is 5.45. The maximum absolute atomic E-state index is 5.45. The minimum absolute atomic E-state index is 0.615. The van der Waals surface area contributed by atoms with Gasteiger partial charge in [0.1, 0.15) is 11.6 Å². The van der Waals surface area contributed by atoms with Crippen LogP contribution in [0.15, 0.2) is 6.07 Å². The summed E-state index contributed by atoms with van der Waals surface area (Å²) < 4.78 is 5.45. The molecule has 16 heavy (non-hydrogen) atoms. The van der Waals surface area contributed by atoms with Gasteiger partial charge in [-0.3, -0.25) is 0 Å². The number of ether oxygens (including phenoxy) is 1. The van der Waals surface area contributed by atoms with Gasteiger partial charge in [-0.05, 0) is 32.6 Å². The smallest absolute Gasteiger partial charge is 0.129 e. The molecule has 0 spiro atoms. The van der Waals surface area contributed by atoms with Crippen molar-refractivity contribution in [3.05, 3.63) is 17.6 Å². The van der Waals surface area contributed by atoms with Gasteiger partial charge in [0.15, 0.2) is 0 Å². The van der Waals surface area contributed by atoms with E-state index in [0.717, 1.165) is 37.1 Å². The van der Waals surface area contributed by atoms with Gasteiger partial charge in [0.2, 0.25) is 0 Å². The molecule has 0 aromatic carbocycles. The molecule has 88 valence electrons. The van der Waals surface area contributed by atoms with Crippen LogP contribution in [0.4, 0.5) is 5.82 Å². The first kappa shape index (κ1) is 11.3. The monoisotopic (exact) mass is 221 g/mol. The zero-order valence-electron chi connectivity index (χ0n) is 9.99. The first-order valence-corrected chi connectivity index (χ1v) is 5.88. The third kappa shape index (κ3) is 3.17. The Bertz CT molecular complexity index is 328. The summed E-state index contributed by atoms with van der Waals surface area (Å²) >= 11 is 0. The van der Waals surface area contributed by atoms with Crippen LogP contribution in [0.3, 0.4) is 0 Å². The van der Waals surface area contributed by atoms with Crippen LogP contribution in [0, 0.1) is 19.8 Å². The Hall–Kier alpha value is -1.16. The molecule has 0 aliphatic carbocycles. The van der Waals surface area contributed by atoms with Gasteiger partial charge in [0, 0.05) is 24.9 Å². The Balaban J connectivity index is 1.88. The number of rotatable bonds is 3. The summed E-state index contributed by atoms with van der Waals surface area (Å²) in [5, 5.41) is 3.36. The van der Waals surface area contributed by atoms with Crippen LogP contribution in [0.2, 0.25) is 0 Å². The Morgan fingerprint density at radius 1 is 1.44 bits per heavy atom. The number of nitrogens with one attached hydrogen (secondary N) is 1. The van der Waals surface area contributed by atoms with Gasteiger partial charge in [-0.15, -0.1) is 0 Å². The molecule has 0 bridgehead atoms. The molecule has 1 aliphatic heterocycles. The van der Waals surface area contributed by atoms with Crippen molar-refractivity contribution in [2.45, 2.75) is 26.7 Å². The third-order valence-electron chi connectivity index (χ3n) is 2.79. The van der Waals surface area contributed by atoms with Gasteiger partial charge in [-0.1, -0.05) is 0 Å². The van der Waals surface area contributed by atoms with Crippen LogP contribution < -0.4 is 5.32 Å². The normalized spacial score (nSPS) is 20.8. The van der Waals surface area contributed by atoms with Crippen molar-refractivity contribution in [2.75, 3.05) is 25.1 Å². The third-order valence-corrected chi connectivity index (χ3v) is 2.79. The van der Waals surface area contributed by atoms with E-state index in [-0.39, 0.29) is 0 Å². The topological polar surface area (TPSA) is 47.0 Å². The van der Waals surface area contributed by atoms with Crippen molar-refractivity contribution in [3.8, 4) is 0 Å². The highest BCUT2D eigenvalue weighted by Gasteiger charge is 2.13. The van der Waals surface area contributed by atoms with Crippen molar-refractivity contribution in [1.29, 1.82) is 0 Å². The number of hydrogen-bond donors (Lipinski definition) is 1. The minimum atomic E-state index is 0.615. The summed E-state index contributed by atoms with van der Waals surface area (Å²) in [6, 6.07) is 1.98. The van der Waals surface area contributed by atoms with Crippen LogP contribution in [-0.4, -0.2) is 29.7 Å². The lowest BCUT2D eigenvalue weighted by Gasteiger charge is -2.22. The second-order valence-corrected chi connectivity index (χ2v) is 4.41. The molecule has 1 aromatic heterocycles. The number of aromatic nitrogens is 2. The fourth-order valence-corrected chi connectivity index (χ4v) is 2.02. The van der Waals surface area contributed by atoms with E-state index in [1.165, 1.54) is 12.8 Å². The molecule has 0 amide bonds. The van der Waals surface area contributed by atoms with E-state index in [1.807, 2.05) is 19.9 Å². The molecule has 2 rings (SSSR count). The summed E-state index contributed by atoms with van der Waals surface area (Å²) in [5.41, 5.74) is 1.01. The van der Waals surface area contributed by atoms with Crippen LogP contribution in [0.5, 0.6) is 0 Å². The van der Waals surface area contributed by atoms with Gasteiger partial charge < -0.3 is 10.1 Å². The first-order valence-electron chi connectivity index (χ1n) is 5.88. The highest BCUT2D eigenvalue weighted by Crippen LogP contribution is 2.14. The van der Waals surface area contributed by atoms with Gasteiger partial charge in [0.25, 0.3) is 0 Å². The van der Waals surface area contributed by atoms with Crippen molar-refractivity contribution in [2.24, 2.45) is 5.92 Å². The standard InChI is InChI=1S/C12H19N3O/c1-9-6-12(15-10(2)14-9)13-7-11-4-3-5-16-8-11/h6,11H,3-5,7-8H2,1-2H3,(H,13,14,15). The van der Waals surface area contributed by atoms with Crippen molar-refractivity contribution in [1.82, 2.24) is 9.97 Å². The molecule has 1 aromatic rings. The number of anilines is 1. The first-order chi connectivity index (χ1) is 7.74. The number of aryl methyl sites for hydroxylation is 2. The molecule has 1 aliphatic rings. The SMILES string of the molecule is Cc1cc(NCC2CCCOC2)nc(C)n1. The highest BCUT2D eigenvalue weighted by atomic mass is 16.5. The average Bonchev–Trinajstić information content (AvgIpc) is 2.27. The fourth-order valence-electron chi connectivity index (χ4n) is 2.02. The van der Waals surface area contributed by atoms with Crippen molar-refractivity contribution < 1.29 is 4.74 Å². The predicted molar refractivity (Wildman–Crippen MR) is 63.5 cm³/mol. The summed E-state index contributed by atoms with van der Waals surface area (Å²) in [6.45, 7) is 6.64. The highest BCUT2D eigenvalue weighted by molar-refractivity contribution is 5.35. The summed E-state index contributed by atoms with van der Waals surface area (Å²) in [5.74, 6) is 2.36.